The first-order valence-corrected chi connectivity index (χ1v) is 5.25. The van der Waals surface area contributed by atoms with Gasteiger partial charge in [0.25, 0.3) is 5.91 Å². The number of nitrogens with one attached hydrogen (secondary N) is 1. The van der Waals surface area contributed by atoms with Crippen LogP contribution in [0.2, 0.25) is 0 Å². The molecule has 1 aliphatic rings. The van der Waals surface area contributed by atoms with Crippen LogP contribution in [0.25, 0.3) is 0 Å². The van der Waals surface area contributed by atoms with Crippen LogP contribution in [0.1, 0.15) is 23.3 Å². The summed E-state index contributed by atoms with van der Waals surface area (Å²) in [5.74, 6) is 0.782. The largest absolute Gasteiger partial charge is 0.373 e. The molecular weight excluding hydrogens is 190 g/mol. The minimum Gasteiger partial charge on any atom is -0.373 e. The molecule has 1 aromatic heterocycles. The molecule has 1 saturated heterocycles. The lowest BCUT2D eigenvalue weighted by Gasteiger charge is -2.14. The van der Waals surface area contributed by atoms with Gasteiger partial charge in [-0.2, -0.15) is 0 Å². The zero-order chi connectivity index (χ0) is 10.7. The molecule has 1 aliphatic heterocycles. The molecule has 1 amide bonds. The predicted molar refractivity (Wildman–Crippen MR) is 58.9 cm³/mol. The van der Waals surface area contributed by atoms with Crippen molar-refractivity contribution in [2.75, 3.05) is 25.5 Å². The first kappa shape index (κ1) is 9.96. The Hall–Kier alpha value is -1.58. The summed E-state index contributed by atoms with van der Waals surface area (Å²) in [7, 11) is 1.80. The Morgan fingerprint density at radius 3 is 2.80 bits per heavy atom. The normalized spacial score (nSPS) is 15.4. The third-order valence-electron chi connectivity index (χ3n) is 2.62. The monoisotopic (exact) mass is 205 g/mol. The fourth-order valence-electron chi connectivity index (χ4n) is 1.78. The van der Waals surface area contributed by atoms with Crippen molar-refractivity contribution in [1.29, 1.82) is 0 Å². The zero-order valence-electron chi connectivity index (χ0n) is 8.86. The molecule has 0 radical (unpaired) electrons. The van der Waals surface area contributed by atoms with Crippen LogP contribution in [0.15, 0.2) is 18.2 Å². The maximum absolute atomic E-state index is 12.0. The van der Waals surface area contributed by atoms with Gasteiger partial charge in [0.15, 0.2) is 0 Å². The Bertz CT molecular complexity index is 359. The molecule has 0 unspecified atom stereocenters. The number of nitrogens with zero attached hydrogens (tertiary/aromatic N) is 2. The highest BCUT2D eigenvalue weighted by Gasteiger charge is 2.20. The number of pyridine rings is 1. The summed E-state index contributed by atoms with van der Waals surface area (Å²) in [6.45, 7) is 1.73. The molecule has 2 rings (SSSR count). The number of aromatic nitrogens is 1. The molecule has 15 heavy (non-hydrogen) atoms. The fourth-order valence-corrected chi connectivity index (χ4v) is 1.78. The van der Waals surface area contributed by atoms with E-state index < -0.39 is 0 Å². The topological polar surface area (TPSA) is 45.2 Å². The van der Waals surface area contributed by atoms with Gasteiger partial charge in [-0.05, 0) is 25.0 Å². The second kappa shape index (κ2) is 4.29. The number of likely N-dealkylation sites (tertiary alicyclic amines) is 1. The lowest BCUT2D eigenvalue weighted by molar-refractivity contribution is 0.0787. The standard InChI is InChI=1S/C11H15N3O/c1-12-10-6-4-5-9(13-10)11(15)14-7-2-3-8-14/h4-6H,2-3,7-8H2,1H3,(H,12,13). The molecule has 4 nitrogen and oxygen atoms in total. The quantitative estimate of drug-likeness (QED) is 0.793. The first-order chi connectivity index (χ1) is 7.31. The number of hydrogen-bond acceptors (Lipinski definition) is 3. The Balaban J connectivity index is 2.17. The molecule has 0 aromatic carbocycles. The number of carbonyl (C=O) groups excluding carboxylic acids is 1. The summed E-state index contributed by atoms with van der Waals surface area (Å²) in [4.78, 5) is 18.0. The summed E-state index contributed by atoms with van der Waals surface area (Å²) in [5.41, 5.74) is 0.531. The Morgan fingerprint density at radius 1 is 1.40 bits per heavy atom. The summed E-state index contributed by atoms with van der Waals surface area (Å²) >= 11 is 0. The fraction of sp³-hybridized carbons (Fsp3) is 0.455. The van der Waals surface area contributed by atoms with Gasteiger partial charge in [0.2, 0.25) is 0 Å². The van der Waals surface area contributed by atoms with Crippen molar-refractivity contribution in [2.45, 2.75) is 12.8 Å². The number of hydrogen-bond donors (Lipinski definition) is 1. The number of anilines is 1. The Kier molecular flexibility index (Phi) is 2.85. The van der Waals surface area contributed by atoms with E-state index in [1.807, 2.05) is 17.0 Å². The molecule has 80 valence electrons. The molecule has 4 heteroatoms. The zero-order valence-corrected chi connectivity index (χ0v) is 8.86. The lowest BCUT2D eigenvalue weighted by Crippen LogP contribution is -2.28. The molecule has 1 fully saturated rings. The lowest BCUT2D eigenvalue weighted by atomic mass is 10.3. The van der Waals surface area contributed by atoms with Gasteiger partial charge in [0.1, 0.15) is 11.5 Å². The third kappa shape index (κ3) is 2.09. The number of carbonyl (C=O) groups is 1. The minimum atomic E-state index is 0.0459. The minimum absolute atomic E-state index is 0.0459. The second-order valence-electron chi connectivity index (χ2n) is 3.66. The van der Waals surface area contributed by atoms with E-state index in [9.17, 15) is 4.79 Å². The Labute approximate surface area is 89.3 Å². The van der Waals surface area contributed by atoms with Crippen LogP contribution in [0.5, 0.6) is 0 Å². The van der Waals surface area contributed by atoms with E-state index in [0.717, 1.165) is 31.7 Å². The van der Waals surface area contributed by atoms with Crippen molar-refractivity contribution in [1.82, 2.24) is 9.88 Å². The van der Waals surface area contributed by atoms with E-state index in [2.05, 4.69) is 10.3 Å². The van der Waals surface area contributed by atoms with Crippen LogP contribution in [0.4, 0.5) is 5.82 Å². The molecule has 2 heterocycles. The molecule has 0 atom stereocenters. The van der Waals surface area contributed by atoms with Gasteiger partial charge < -0.3 is 10.2 Å². The second-order valence-corrected chi connectivity index (χ2v) is 3.66. The summed E-state index contributed by atoms with van der Waals surface area (Å²) in [5, 5.41) is 2.93. The smallest absolute Gasteiger partial charge is 0.272 e. The van der Waals surface area contributed by atoms with Crippen molar-refractivity contribution in [2.24, 2.45) is 0 Å². The maximum Gasteiger partial charge on any atom is 0.272 e. The molecule has 0 aliphatic carbocycles. The first-order valence-electron chi connectivity index (χ1n) is 5.25. The third-order valence-corrected chi connectivity index (χ3v) is 2.62. The highest BCUT2D eigenvalue weighted by molar-refractivity contribution is 5.92. The molecule has 1 N–H and O–H groups in total. The molecule has 1 aromatic rings. The highest BCUT2D eigenvalue weighted by Crippen LogP contribution is 2.12. The van der Waals surface area contributed by atoms with Crippen molar-refractivity contribution >= 4 is 11.7 Å². The average molecular weight is 205 g/mol. The van der Waals surface area contributed by atoms with E-state index >= 15 is 0 Å². The summed E-state index contributed by atoms with van der Waals surface area (Å²) in [6, 6.07) is 5.46. The van der Waals surface area contributed by atoms with E-state index in [-0.39, 0.29) is 5.91 Å². The maximum atomic E-state index is 12.0. The van der Waals surface area contributed by atoms with Crippen molar-refractivity contribution in [3.8, 4) is 0 Å². The molecular formula is C11H15N3O. The number of amides is 1. The van der Waals surface area contributed by atoms with Crippen LogP contribution >= 0.6 is 0 Å². The van der Waals surface area contributed by atoms with Crippen molar-refractivity contribution in [3.05, 3.63) is 23.9 Å². The van der Waals surface area contributed by atoms with Gasteiger partial charge in [0, 0.05) is 20.1 Å². The van der Waals surface area contributed by atoms with Crippen molar-refractivity contribution in [3.63, 3.8) is 0 Å². The van der Waals surface area contributed by atoms with E-state index in [1.165, 1.54) is 0 Å². The molecule has 0 saturated carbocycles. The van der Waals surface area contributed by atoms with Gasteiger partial charge in [-0.1, -0.05) is 6.07 Å². The van der Waals surface area contributed by atoms with Crippen LogP contribution in [-0.2, 0) is 0 Å². The SMILES string of the molecule is CNc1cccc(C(=O)N2CCCC2)n1. The van der Waals surface area contributed by atoms with Gasteiger partial charge in [-0.25, -0.2) is 4.98 Å². The molecule has 0 spiro atoms. The van der Waals surface area contributed by atoms with Crippen LogP contribution in [-0.4, -0.2) is 35.9 Å². The summed E-state index contributed by atoms with van der Waals surface area (Å²) < 4.78 is 0. The Morgan fingerprint density at radius 2 is 2.13 bits per heavy atom. The van der Waals surface area contributed by atoms with Crippen molar-refractivity contribution < 1.29 is 4.79 Å². The number of rotatable bonds is 2. The van der Waals surface area contributed by atoms with E-state index in [0.29, 0.717) is 5.69 Å². The van der Waals surface area contributed by atoms with E-state index in [1.54, 1.807) is 13.1 Å². The van der Waals surface area contributed by atoms with Crippen LogP contribution in [0, 0.1) is 0 Å². The van der Waals surface area contributed by atoms with Gasteiger partial charge in [-0.3, -0.25) is 4.79 Å². The van der Waals surface area contributed by atoms with Crippen LogP contribution in [0.3, 0.4) is 0 Å². The highest BCUT2D eigenvalue weighted by atomic mass is 16.2. The summed E-state index contributed by atoms with van der Waals surface area (Å²) in [6.07, 6.45) is 2.22. The van der Waals surface area contributed by atoms with Crippen LogP contribution < -0.4 is 5.32 Å². The van der Waals surface area contributed by atoms with E-state index in [4.69, 9.17) is 0 Å². The average Bonchev–Trinajstić information content (AvgIpc) is 2.81. The van der Waals surface area contributed by atoms with Gasteiger partial charge >= 0.3 is 0 Å². The predicted octanol–water partition coefficient (Wildman–Crippen LogP) is 1.36. The van der Waals surface area contributed by atoms with Gasteiger partial charge in [0.05, 0.1) is 0 Å². The van der Waals surface area contributed by atoms with Gasteiger partial charge in [-0.15, -0.1) is 0 Å². The molecule has 0 bridgehead atoms.